The normalized spacial score (nSPS) is 11.9. The van der Waals surface area contributed by atoms with Gasteiger partial charge in [-0.2, -0.15) is 0 Å². The van der Waals surface area contributed by atoms with Gasteiger partial charge in [0, 0.05) is 39.3 Å². The molecule has 0 fully saturated rings. The van der Waals surface area contributed by atoms with Crippen LogP contribution in [0.1, 0.15) is 40.2 Å². The van der Waals surface area contributed by atoms with E-state index in [2.05, 4.69) is 21.2 Å². The molecule has 0 aliphatic carbocycles. The molecule has 7 heteroatoms. The molecular weight excluding hydrogens is 528 g/mol. The molecule has 2 N–H and O–H groups in total. The third-order valence-corrected chi connectivity index (χ3v) is 6.86. The molecule has 0 aliphatic heterocycles. The lowest BCUT2D eigenvalue weighted by molar-refractivity contribution is -0.137. The van der Waals surface area contributed by atoms with Crippen LogP contribution in [0.3, 0.4) is 0 Å². The number of carboxylic acids is 1. The summed E-state index contributed by atoms with van der Waals surface area (Å²) in [5.41, 5.74) is 4.54. The highest BCUT2D eigenvalue weighted by Gasteiger charge is 2.22. The number of carboxylic acid groups (broad SMARTS) is 1. The zero-order valence-corrected chi connectivity index (χ0v) is 21.4. The van der Waals surface area contributed by atoms with Crippen molar-refractivity contribution in [2.75, 3.05) is 6.54 Å². The van der Waals surface area contributed by atoms with Crippen LogP contribution < -0.4 is 5.32 Å². The first-order chi connectivity index (χ1) is 16.8. The third-order valence-electron chi connectivity index (χ3n) is 6.03. The molecule has 35 heavy (non-hydrogen) atoms. The van der Waals surface area contributed by atoms with E-state index >= 15 is 0 Å². The molecule has 1 aromatic heterocycles. The molecule has 0 radical (unpaired) electrons. The Labute approximate surface area is 217 Å². The molecule has 1 atom stereocenters. The maximum atomic E-state index is 13.6. The Bertz CT molecular complexity index is 1390. The summed E-state index contributed by atoms with van der Waals surface area (Å²) in [6, 6.07) is 22.8. The van der Waals surface area contributed by atoms with Crippen LogP contribution in [-0.4, -0.2) is 28.5 Å². The minimum absolute atomic E-state index is 0.0198. The first kappa shape index (κ1) is 24.9. The highest BCUT2D eigenvalue weighted by molar-refractivity contribution is 9.10. The van der Waals surface area contributed by atoms with Crippen LogP contribution in [0, 0.1) is 6.92 Å². The van der Waals surface area contributed by atoms with Gasteiger partial charge in [-0.25, -0.2) is 4.98 Å². The highest BCUT2D eigenvalue weighted by Crippen LogP contribution is 2.32. The zero-order chi connectivity index (χ0) is 24.9. The van der Waals surface area contributed by atoms with E-state index in [1.54, 1.807) is 6.07 Å². The molecule has 1 heterocycles. The summed E-state index contributed by atoms with van der Waals surface area (Å²) in [7, 11) is 0. The molecular formula is C28H24BrClN2O3. The topological polar surface area (TPSA) is 79.3 Å². The molecule has 0 unspecified atom stereocenters. The number of rotatable bonds is 8. The van der Waals surface area contributed by atoms with Crippen LogP contribution in [0.2, 0.25) is 5.02 Å². The van der Waals surface area contributed by atoms with E-state index in [9.17, 15) is 14.7 Å². The second-order valence-electron chi connectivity index (χ2n) is 8.35. The average molecular weight is 552 g/mol. The van der Waals surface area contributed by atoms with Crippen molar-refractivity contribution >= 4 is 50.3 Å². The van der Waals surface area contributed by atoms with Gasteiger partial charge in [0.2, 0.25) is 0 Å². The summed E-state index contributed by atoms with van der Waals surface area (Å²) in [5.74, 6) is -1.36. The number of halogens is 2. The molecule has 0 spiro atoms. The molecule has 0 bridgehead atoms. The number of amides is 1. The summed E-state index contributed by atoms with van der Waals surface area (Å²) in [4.78, 5) is 29.7. The van der Waals surface area contributed by atoms with Crippen molar-refractivity contribution in [3.8, 4) is 11.3 Å². The van der Waals surface area contributed by atoms with Gasteiger partial charge in [0.25, 0.3) is 5.91 Å². The lowest BCUT2D eigenvalue weighted by Gasteiger charge is -2.20. The van der Waals surface area contributed by atoms with Crippen molar-refractivity contribution in [1.82, 2.24) is 10.3 Å². The number of carbonyl (C=O) groups is 2. The maximum Gasteiger partial charge on any atom is 0.303 e. The maximum absolute atomic E-state index is 13.6. The van der Waals surface area contributed by atoms with Gasteiger partial charge in [0.1, 0.15) is 0 Å². The van der Waals surface area contributed by atoms with Gasteiger partial charge in [-0.3, -0.25) is 9.59 Å². The smallest absolute Gasteiger partial charge is 0.303 e. The van der Waals surface area contributed by atoms with Crippen molar-refractivity contribution in [3.05, 3.63) is 99.0 Å². The largest absolute Gasteiger partial charge is 0.481 e. The van der Waals surface area contributed by atoms with Crippen LogP contribution in [0.25, 0.3) is 22.2 Å². The number of nitrogens with zero attached hydrogens (tertiary/aromatic N) is 1. The first-order valence-corrected chi connectivity index (χ1v) is 12.4. The predicted octanol–water partition coefficient (Wildman–Crippen LogP) is 7.00. The van der Waals surface area contributed by atoms with Crippen molar-refractivity contribution in [2.24, 2.45) is 0 Å². The Balaban J connectivity index is 1.71. The lowest BCUT2D eigenvalue weighted by Crippen LogP contribution is -2.30. The number of aliphatic carboxylic acids is 1. The fraction of sp³-hybridized carbons (Fsp3) is 0.179. The Morgan fingerprint density at radius 1 is 1.06 bits per heavy atom. The van der Waals surface area contributed by atoms with E-state index < -0.39 is 5.97 Å². The van der Waals surface area contributed by atoms with E-state index in [-0.39, 0.29) is 24.8 Å². The number of hydrogen-bond donors (Lipinski definition) is 2. The monoisotopic (exact) mass is 550 g/mol. The van der Waals surface area contributed by atoms with Crippen LogP contribution >= 0.6 is 27.5 Å². The molecule has 0 saturated heterocycles. The Kier molecular flexibility index (Phi) is 7.83. The molecule has 1 amide bonds. The van der Waals surface area contributed by atoms with Gasteiger partial charge in [-0.1, -0.05) is 76.1 Å². The van der Waals surface area contributed by atoms with Gasteiger partial charge >= 0.3 is 5.97 Å². The number of fused-ring (bicyclic) bond motifs is 1. The summed E-state index contributed by atoms with van der Waals surface area (Å²) in [5, 5.41) is 13.6. The fourth-order valence-electron chi connectivity index (χ4n) is 4.28. The first-order valence-electron chi connectivity index (χ1n) is 11.2. The molecule has 0 saturated carbocycles. The van der Waals surface area contributed by atoms with E-state index in [0.29, 0.717) is 17.0 Å². The van der Waals surface area contributed by atoms with E-state index in [0.717, 1.165) is 37.8 Å². The summed E-state index contributed by atoms with van der Waals surface area (Å²) in [6.45, 7) is 2.16. The van der Waals surface area contributed by atoms with E-state index in [1.807, 2.05) is 73.7 Å². The SMILES string of the molecule is Cc1c(-c2ccccc2)nc2ccc(Br)cc2c1C(=O)NC[C@H](CCC(=O)O)c1ccccc1Cl. The van der Waals surface area contributed by atoms with Gasteiger partial charge in [-0.05, 0) is 48.7 Å². The zero-order valence-electron chi connectivity index (χ0n) is 19.1. The van der Waals surface area contributed by atoms with Crippen molar-refractivity contribution < 1.29 is 14.7 Å². The number of benzene rings is 3. The molecule has 3 aromatic carbocycles. The summed E-state index contributed by atoms with van der Waals surface area (Å²) < 4.78 is 0.850. The lowest BCUT2D eigenvalue weighted by atomic mass is 9.93. The minimum Gasteiger partial charge on any atom is -0.481 e. The van der Waals surface area contributed by atoms with Crippen molar-refractivity contribution in [1.29, 1.82) is 0 Å². The van der Waals surface area contributed by atoms with Crippen molar-refractivity contribution in [3.63, 3.8) is 0 Å². The second-order valence-corrected chi connectivity index (χ2v) is 9.67. The van der Waals surface area contributed by atoms with Crippen molar-refractivity contribution in [2.45, 2.75) is 25.7 Å². The molecule has 178 valence electrons. The number of nitrogens with one attached hydrogen (secondary N) is 1. The quantitative estimate of drug-likeness (QED) is 0.247. The summed E-state index contributed by atoms with van der Waals surface area (Å²) in [6.07, 6.45) is 0.338. The summed E-state index contributed by atoms with van der Waals surface area (Å²) >= 11 is 9.91. The highest BCUT2D eigenvalue weighted by atomic mass is 79.9. The van der Waals surface area contributed by atoms with Crippen LogP contribution in [0.15, 0.2) is 77.3 Å². The molecule has 0 aliphatic rings. The average Bonchev–Trinajstić information content (AvgIpc) is 2.84. The van der Waals surface area contributed by atoms with Gasteiger partial charge in [-0.15, -0.1) is 0 Å². The predicted molar refractivity (Wildman–Crippen MR) is 143 cm³/mol. The minimum atomic E-state index is -0.887. The third kappa shape index (κ3) is 5.72. The van der Waals surface area contributed by atoms with E-state index in [1.165, 1.54) is 0 Å². The fourth-order valence-corrected chi connectivity index (χ4v) is 4.93. The number of pyridine rings is 1. The van der Waals surface area contributed by atoms with Crippen LogP contribution in [0.5, 0.6) is 0 Å². The number of carbonyl (C=O) groups excluding carboxylic acids is 1. The number of hydrogen-bond acceptors (Lipinski definition) is 3. The number of aromatic nitrogens is 1. The van der Waals surface area contributed by atoms with Gasteiger partial charge in [0.15, 0.2) is 0 Å². The molecule has 4 rings (SSSR count). The molecule has 4 aromatic rings. The van der Waals surface area contributed by atoms with Crippen LogP contribution in [0.4, 0.5) is 0 Å². The Morgan fingerprint density at radius 2 is 1.77 bits per heavy atom. The van der Waals surface area contributed by atoms with E-state index in [4.69, 9.17) is 16.6 Å². The molecule has 5 nitrogen and oxygen atoms in total. The Morgan fingerprint density at radius 3 is 2.49 bits per heavy atom. The second kappa shape index (κ2) is 11.0. The van der Waals surface area contributed by atoms with Gasteiger partial charge in [0.05, 0.1) is 16.8 Å². The Hall–Kier alpha value is -3.22. The standard InChI is InChI=1S/C28H24BrClN2O3/c1-17-26(22-15-20(29)12-13-24(22)32-27(17)18-7-3-2-4-8-18)28(35)31-16-19(11-14-25(33)34)21-9-5-6-10-23(21)30/h2-10,12-13,15,19H,11,14,16H2,1H3,(H,31,35)(H,33,34)/t19-/m0/s1. The van der Waals surface area contributed by atoms with Crippen LogP contribution in [-0.2, 0) is 4.79 Å². The van der Waals surface area contributed by atoms with Gasteiger partial charge < -0.3 is 10.4 Å².